The van der Waals surface area contributed by atoms with Crippen LogP contribution in [0.1, 0.15) is 30.4 Å². The molecule has 2 atom stereocenters. The molecule has 0 aromatic heterocycles. The van der Waals surface area contributed by atoms with Crippen molar-refractivity contribution in [2.75, 3.05) is 13.1 Å². The van der Waals surface area contributed by atoms with Gasteiger partial charge in [0.1, 0.15) is 0 Å². The van der Waals surface area contributed by atoms with Crippen LogP contribution in [0.4, 0.5) is 13.2 Å². The van der Waals surface area contributed by atoms with E-state index in [1.165, 1.54) is 12.5 Å². The number of nitrogens with one attached hydrogen (secondary N) is 1. The Morgan fingerprint density at radius 1 is 1.14 bits per heavy atom. The average molecular weight is 355 g/mol. The van der Waals surface area contributed by atoms with Crippen molar-refractivity contribution in [2.45, 2.75) is 44.1 Å². The van der Waals surface area contributed by atoms with Crippen molar-refractivity contribution >= 4 is 24.0 Å². The van der Waals surface area contributed by atoms with E-state index in [2.05, 4.69) is 10.2 Å². The number of hydrogen-bond acceptors (Lipinski definition) is 2. The summed E-state index contributed by atoms with van der Waals surface area (Å²) in [6, 6.07) is 4.87. The normalized spacial score (nSPS) is 25.6. The van der Waals surface area contributed by atoms with E-state index in [-0.39, 0.29) is 17.4 Å². The van der Waals surface area contributed by atoms with Crippen LogP contribution in [0.5, 0.6) is 0 Å². The second-order valence-electron chi connectivity index (χ2n) is 6.01. The molecule has 2 unspecified atom stereocenters. The molecule has 2 aliphatic heterocycles. The highest BCUT2D eigenvalue weighted by Gasteiger charge is 2.32. The van der Waals surface area contributed by atoms with Crippen molar-refractivity contribution in [2.24, 2.45) is 0 Å². The largest absolute Gasteiger partial charge is 0.416 e. The number of fused-ring (bicyclic) bond motifs is 2. The van der Waals surface area contributed by atoms with Gasteiger partial charge in [0.2, 0.25) is 0 Å². The highest BCUT2D eigenvalue weighted by atomic mass is 35.5. The van der Waals surface area contributed by atoms with E-state index in [4.69, 9.17) is 11.6 Å². The van der Waals surface area contributed by atoms with E-state index in [1.54, 1.807) is 6.07 Å². The van der Waals surface area contributed by atoms with Gasteiger partial charge in [-0.15, -0.1) is 12.4 Å². The van der Waals surface area contributed by atoms with Gasteiger partial charge in [-0.25, -0.2) is 0 Å². The van der Waals surface area contributed by atoms with Crippen LogP contribution >= 0.6 is 24.0 Å². The standard InChI is InChI=1S/C15H18ClF3N2.ClH/c16-12-6-10(5-11(7-12)15(17,18)19)8-21-4-3-13-1-2-14(9-21)20-13;/h5-7,13-14,20H,1-4,8-9H2;1H. The fraction of sp³-hybridized carbons (Fsp3) is 0.600. The first-order valence-electron chi connectivity index (χ1n) is 7.25. The molecular formula is C15H19Cl2F3N2. The SMILES string of the molecule is Cl.FC(F)(F)c1cc(Cl)cc(CN2CCC3CCC(C2)N3)c1. The summed E-state index contributed by atoms with van der Waals surface area (Å²) in [5, 5.41) is 3.72. The highest BCUT2D eigenvalue weighted by molar-refractivity contribution is 6.30. The predicted molar refractivity (Wildman–Crippen MR) is 83.5 cm³/mol. The fourth-order valence-electron chi connectivity index (χ4n) is 3.32. The molecule has 0 spiro atoms. The summed E-state index contributed by atoms with van der Waals surface area (Å²) < 4.78 is 38.5. The third-order valence-electron chi connectivity index (χ3n) is 4.30. The number of benzene rings is 1. The Balaban J connectivity index is 0.00000176. The Morgan fingerprint density at radius 3 is 2.59 bits per heavy atom. The van der Waals surface area contributed by atoms with Crippen molar-refractivity contribution in [1.82, 2.24) is 10.2 Å². The maximum absolute atomic E-state index is 12.8. The quantitative estimate of drug-likeness (QED) is 0.859. The minimum absolute atomic E-state index is 0. The highest BCUT2D eigenvalue weighted by Crippen LogP contribution is 2.32. The Bertz CT molecular complexity index is 522. The smallest absolute Gasteiger partial charge is 0.310 e. The van der Waals surface area contributed by atoms with E-state index in [1.807, 2.05) is 0 Å². The number of nitrogens with zero attached hydrogens (tertiary/aromatic N) is 1. The van der Waals surface area contributed by atoms with Crippen molar-refractivity contribution in [3.63, 3.8) is 0 Å². The molecule has 1 aromatic rings. The monoisotopic (exact) mass is 354 g/mol. The van der Waals surface area contributed by atoms with Gasteiger partial charge in [-0.1, -0.05) is 11.6 Å². The lowest BCUT2D eigenvalue weighted by Gasteiger charge is -2.24. The summed E-state index contributed by atoms with van der Waals surface area (Å²) in [4.78, 5) is 2.22. The van der Waals surface area contributed by atoms with Crippen molar-refractivity contribution < 1.29 is 13.2 Å². The third kappa shape index (κ3) is 4.28. The lowest BCUT2D eigenvalue weighted by Crippen LogP contribution is -2.35. The van der Waals surface area contributed by atoms with Crippen molar-refractivity contribution in [1.29, 1.82) is 0 Å². The van der Waals surface area contributed by atoms with Crippen LogP contribution in [-0.4, -0.2) is 30.1 Å². The number of halogens is 5. The third-order valence-corrected chi connectivity index (χ3v) is 4.52. The van der Waals surface area contributed by atoms with Gasteiger partial charge in [0.25, 0.3) is 0 Å². The zero-order valence-corrected chi connectivity index (χ0v) is 13.6. The van der Waals surface area contributed by atoms with Crippen LogP contribution in [0.2, 0.25) is 5.02 Å². The van der Waals surface area contributed by atoms with E-state index in [0.717, 1.165) is 32.0 Å². The van der Waals surface area contributed by atoms with Gasteiger partial charge in [0, 0.05) is 36.7 Å². The molecule has 0 aliphatic carbocycles. The molecule has 124 valence electrons. The minimum Gasteiger partial charge on any atom is -0.310 e. The summed E-state index contributed by atoms with van der Waals surface area (Å²) in [7, 11) is 0. The molecule has 2 heterocycles. The van der Waals surface area contributed by atoms with Crippen LogP contribution in [0, 0.1) is 0 Å². The summed E-state index contributed by atoms with van der Waals surface area (Å²) >= 11 is 5.84. The topological polar surface area (TPSA) is 15.3 Å². The van der Waals surface area contributed by atoms with Crippen LogP contribution < -0.4 is 5.32 Å². The Hall–Kier alpha value is -0.490. The Labute approximate surface area is 139 Å². The maximum atomic E-state index is 12.8. The molecule has 2 nitrogen and oxygen atoms in total. The van der Waals surface area contributed by atoms with Gasteiger partial charge in [0.05, 0.1) is 5.56 Å². The van der Waals surface area contributed by atoms with Crippen LogP contribution in [0.25, 0.3) is 0 Å². The Kier molecular flexibility index (Phi) is 5.64. The second-order valence-corrected chi connectivity index (χ2v) is 6.44. The molecule has 2 bridgehead atoms. The van der Waals surface area contributed by atoms with Gasteiger partial charge in [-0.3, -0.25) is 4.90 Å². The molecule has 0 saturated carbocycles. The molecule has 2 fully saturated rings. The molecule has 2 aliphatic rings. The second kappa shape index (κ2) is 6.95. The summed E-state index contributed by atoms with van der Waals surface area (Å²) in [6.45, 7) is 2.33. The zero-order valence-electron chi connectivity index (χ0n) is 12.0. The first-order chi connectivity index (χ1) is 9.90. The molecule has 3 rings (SSSR count). The minimum atomic E-state index is -4.35. The van der Waals surface area contributed by atoms with Gasteiger partial charge >= 0.3 is 6.18 Å². The van der Waals surface area contributed by atoms with Gasteiger partial charge < -0.3 is 5.32 Å². The van der Waals surface area contributed by atoms with Gasteiger partial charge in [-0.05, 0) is 43.0 Å². The summed E-state index contributed by atoms with van der Waals surface area (Å²) in [5.41, 5.74) is -0.0351. The van der Waals surface area contributed by atoms with E-state index in [9.17, 15) is 13.2 Å². The average Bonchev–Trinajstić information content (AvgIpc) is 2.71. The van der Waals surface area contributed by atoms with Crippen LogP contribution in [-0.2, 0) is 12.7 Å². The number of likely N-dealkylation sites (tertiary alicyclic amines) is 1. The predicted octanol–water partition coefficient (Wildman–Crippen LogP) is 4.11. The van der Waals surface area contributed by atoms with E-state index in [0.29, 0.717) is 24.2 Å². The molecule has 2 saturated heterocycles. The summed E-state index contributed by atoms with van der Waals surface area (Å²) in [6.07, 6.45) is -0.916. The Morgan fingerprint density at radius 2 is 1.86 bits per heavy atom. The fourth-order valence-corrected chi connectivity index (χ4v) is 3.58. The van der Waals surface area contributed by atoms with Gasteiger partial charge in [-0.2, -0.15) is 13.2 Å². The summed E-state index contributed by atoms with van der Waals surface area (Å²) in [5.74, 6) is 0. The molecule has 7 heteroatoms. The van der Waals surface area contributed by atoms with E-state index >= 15 is 0 Å². The van der Waals surface area contributed by atoms with Crippen molar-refractivity contribution in [3.05, 3.63) is 34.3 Å². The lowest BCUT2D eigenvalue weighted by atomic mass is 10.1. The molecular weight excluding hydrogens is 336 g/mol. The zero-order chi connectivity index (χ0) is 15.0. The van der Waals surface area contributed by atoms with Crippen LogP contribution in [0.15, 0.2) is 18.2 Å². The van der Waals surface area contributed by atoms with Crippen LogP contribution in [0.3, 0.4) is 0 Å². The van der Waals surface area contributed by atoms with Crippen molar-refractivity contribution in [3.8, 4) is 0 Å². The molecule has 1 aromatic carbocycles. The molecule has 1 N–H and O–H groups in total. The number of hydrogen-bond donors (Lipinski definition) is 1. The number of rotatable bonds is 2. The number of alkyl halides is 3. The molecule has 22 heavy (non-hydrogen) atoms. The first kappa shape index (κ1) is 17.9. The molecule has 0 amide bonds. The first-order valence-corrected chi connectivity index (χ1v) is 7.63. The molecule has 0 radical (unpaired) electrons. The van der Waals surface area contributed by atoms with E-state index < -0.39 is 11.7 Å². The lowest BCUT2D eigenvalue weighted by molar-refractivity contribution is -0.137. The van der Waals surface area contributed by atoms with Gasteiger partial charge in [0.15, 0.2) is 0 Å². The maximum Gasteiger partial charge on any atom is 0.416 e.